The molecule has 5 heteroatoms. The van der Waals surface area contributed by atoms with Gasteiger partial charge in [0.05, 0.1) is 0 Å². The van der Waals surface area contributed by atoms with Crippen LogP contribution in [0.1, 0.15) is 46.0 Å². The van der Waals surface area contributed by atoms with Crippen LogP contribution < -0.4 is 5.32 Å². The second-order valence-corrected chi connectivity index (χ2v) is 6.00. The van der Waals surface area contributed by atoms with Crippen molar-refractivity contribution in [1.82, 2.24) is 10.2 Å². The number of nitrogens with zero attached hydrogens (tertiary/aromatic N) is 1. The van der Waals surface area contributed by atoms with Gasteiger partial charge in [0.25, 0.3) is 0 Å². The molecular weight excluding hydrogens is 244 g/mol. The highest BCUT2D eigenvalue weighted by atomic mass is 16.4. The highest BCUT2D eigenvalue weighted by Gasteiger charge is 2.24. The number of aliphatic carboxylic acids is 1. The zero-order valence-corrected chi connectivity index (χ0v) is 12.2. The summed E-state index contributed by atoms with van der Waals surface area (Å²) < 4.78 is 0. The Balaban J connectivity index is 2.43. The van der Waals surface area contributed by atoms with Crippen LogP contribution in [-0.2, 0) is 4.79 Å². The summed E-state index contributed by atoms with van der Waals surface area (Å²) in [6, 6.07) is -1.07. The van der Waals surface area contributed by atoms with Gasteiger partial charge in [-0.15, -0.1) is 0 Å². The van der Waals surface area contributed by atoms with E-state index in [0.29, 0.717) is 12.3 Å². The maximum Gasteiger partial charge on any atom is 0.326 e. The van der Waals surface area contributed by atoms with E-state index in [4.69, 9.17) is 5.11 Å². The predicted molar refractivity (Wildman–Crippen MR) is 74.0 cm³/mol. The van der Waals surface area contributed by atoms with Gasteiger partial charge in [0.1, 0.15) is 6.04 Å². The van der Waals surface area contributed by atoms with Crippen molar-refractivity contribution in [2.45, 2.75) is 52.0 Å². The van der Waals surface area contributed by atoms with Crippen molar-refractivity contribution in [3.05, 3.63) is 0 Å². The summed E-state index contributed by atoms with van der Waals surface area (Å²) in [5.74, 6) is -0.151. The van der Waals surface area contributed by atoms with Crippen molar-refractivity contribution >= 4 is 12.0 Å². The molecule has 1 fully saturated rings. The molecule has 0 saturated heterocycles. The first-order chi connectivity index (χ1) is 8.90. The molecule has 0 spiro atoms. The predicted octanol–water partition coefficient (Wildman–Crippen LogP) is 2.32. The number of amides is 2. The molecule has 5 nitrogen and oxygen atoms in total. The molecule has 0 bridgehead atoms. The molecule has 1 unspecified atom stereocenters. The number of urea groups is 1. The lowest BCUT2D eigenvalue weighted by molar-refractivity contribution is -0.139. The summed E-state index contributed by atoms with van der Waals surface area (Å²) in [5, 5.41) is 11.7. The van der Waals surface area contributed by atoms with E-state index in [1.807, 2.05) is 13.8 Å². The van der Waals surface area contributed by atoms with Gasteiger partial charge in [0, 0.05) is 13.6 Å². The second kappa shape index (κ2) is 7.36. The van der Waals surface area contributed by atoms with E-state index in [9.17, 15) is 9.59 Å². The van der Waals surface area contributed by atoms with E-state index in [2.05, 4.69) is 5.32 Å². The minimum atomic E-state index is -0.962. The lowest BCUT2D eigenvalue weighted by atomic mass is 10.0. The van der Waals surface area contributed by atoms with Crippen LogP contribution in [0.3, 0.4) is 0 Å². The van der Waals surface area contributed by atoms with Crippen LogP contribution in [0.4, 0.5) is 4.79 Å². The molecule has 1 aliphatic rings. The number of hydrogen-bond acceptors (Lipinski definition) is 2. The Morgan fingerprint density at radius 1 is 1.32 bits per heavy atom. The van der Waals surface area contributed by atoms with Crippen LogP contribution in [0.15, 0.2) is 0 Å². The molecule has 0 aromatic carbocycles. The Morgan fingerprint density at radius 3 is 2.37 bits per heavy atom. The molecule has 19 heavy (non-hydrogen) atoms. The fourth-order valence-electron chi connectivity index (χ4n) is 2.62. The normalized spacial score (nSPS) is 17.5. The van der Waals surface area contributed by atoms with E-state index < -0.39 is 12.0 Å². The third kappa shape index (κ3) is 5.49. The van der Waals surface area contributed by atoms with Crippen LogP contribution in [0, 0.1) is 11.8 Å². The molecule has 0 aromatic rings. The number of hydrogen-bond donors (Lipinski definition) is 2. The van der Waals surface area contributed by atoms with E-state index in [-0.39, 0.29) is 11.9 Å². The number of carbonyl (C=O) groups is 2. The van der Waals surface area contributed by atoms with Crippen LogP contribution in [-0.4, -0.2) is 41.6 Å². The maximum atomic E-state index is 12.0. The minimum absolute atomic E-state index is 0.238. The zero-order valence-electron chi connectivity index (χ0n) is 12.2. The average Bonchev–Trinajstić information content (AvgIpc) is 2.79. The first-order valence-corrected chi connectivity index (χ1v) is 7.14. The summed E-state index contributed by atoms with van der Waals surface area (Å²) in [6.07, 6.45) is 5.28. The van der Waals surface area contributed by atoms with Crippen LogP contribution >= 0.6 is 0 Å². The van der Waals surface area contributed by atoms with E-state index in [1.165, 1.54) is 25.7 Å². The molecule has 2 N–H and O–H groups in total. The SMILES string of the molecule is CC(C)CC(NC(=O)N(C)CC1CCCC1)C(=O)O. The Labute approximate surface area is 115 Å². The fourth-order valence-corrected chi connectivity index (χ4v) is 2.62. The summed E-state index contributed by atoms with van der Waals surface area (Å²) in [7, 11) is 1.74. The topological polar surface area (TPSA) is 69.6 Å². The van der Waals surface area contributed by atoms with Gasteiger partial charge in [-0.3, -0.25) is 0 Å². The van der Waals surface area contributed by atoms with Crippen LogP contribution in [0.25, 0.3) is 0 Å². The molecule has 0 aliphatic heterocycles. The molecule has 1 aliphatic carbocycles. The third-order valence-electron chi connectivity index (χ3n) is 3.66. The summed E-state index contributed by atoms with van der Waals surface area (Å²) in [5.41, 5.74) is 0. The van der Waals surface area contributed by atoms with Gasteiger partial charge in [-0.05, 0) is 31.1 Å². The first-order valence-electron chi connectivity index (χ1n) is 7.14. The minimum Gasteiger partial charge on any atom is -0.480 e. The van der Waals surface area contributed by atoms with Gasteiger partial charge in [0.2, 0.25) is 0 Å². The lowest BCUT2D eigenvalue weighted by Gasteiger charge is -2.24. The van der Waals surface area contributed by atoms with Crippen molar-refractivity contribution in [2.24, 2.45) is 11.8 Å². The van der Waals surface area contributed by atoms with Gasteiger partial charge >= 0.3 is 12.0 Å². The Kier molecular flexibility index (Phi) is 6.12. The van der Waals surface area contributed by atoms with E-state index in [0.717, 1.165) is 6.54 Å². The smallest absolute Gasteiger partial charge is 0.326 e. The summed E-state index contributed by atoms with van der Waals surface area (Å²) in [6.45, 7) is 4.62. The molecule has 1 saturated carbocycles. The zero-order chi connectivity index (χ0) is 14.4. The second-order valence-electron chi connectivity index (χ2n) is 6.00. The van der Waals surface area contributed by atoms with Gasteiger partial charge < -0.3 is 15.3 Å². The molecule has 0 radical (unpaired) electrons. The molecule has 0 aromatic heterocycles. The van der Waals surface area contributed by atoms with E-state index in [1.54, 1.807) is 11.9 Å². The highest BCUT2D eigenvalue weighted by molar-refractivity contribution is 5.82. The maximum absolute atomic E-state index is 12.0. The molecule has 1 rings (SSSR count). The Hall–Kier alpha value is -1.26. The largest absolute Gasteiger partial charge is 0.480 e. The number of nitrogens with one attached hydrogen (secondary N) is 1. The standard InChI is InChI=1S/C14H26N2O3/c1-10(2)8-12(13(17)18)15-14(19)16(3)9-11-6-4-5-7-11/h10-12H,4-9H2,1-3H3,(H,15,19)(H,17,18). The molecular formula is C14H26N2O3. The average molecular weight is 270 g/mol. The monoisotopic (exact) mass is 270 g/mol. The molecule has 1 atom stereocenters. The van der Waals surface area contributed by atoms with Crippen molar-refractivity contribution in [3.8, 4) is 0 Å². The number of carbonyl (C=O) groups excluding carboxylic acids is 1. The van der Waals surface area contributed by atoms with Crippen molar-refractivity contribution < 1.29 is 14.7 Å². The summed E-state index contributed by atoms with van der Waals surface area (Å²) in [4.78, 5) is 24.7. The number of rotatable bonds is 6. The van der Waals surface area contributed by atoms with Crippen molar-refractivity contribution in [1.29, 1.82) is 0 Å². The number of carboxylic acid groups (broad SMARTS) is 1. The lowest BCUT2D eigenvalue weighted by Crippen LogP contribution is -2.48. The highest BCUT2D eigenvalue weighted by Crippen LogP contribution is 2.25. The molecule has 0 heterocycles. The van der Waals surface area contributed by atoms with Crippen molar-refractivity contribution in [2.75, 3.05) is 13.6 Å². The Morgan fingerprint density at radius 2 is 1.89 bits per heavy atom. The van der Waals surface area contributed by atoms with Gasteiger partial charge in [-0.1, -0.05) is 26.7 Å². The third-order valence-corrected chi connectivity index (χ3v) is 3.66. The van der Waals surface area contributed by atoms with Crippen molar-refractivity contribution in [3.63, 3.8) is 0 Å². The van der Waals surface area contributed by atoms with E-state index >= 15 is 0 Å². The van der Waals surface area contributed by atoms with Crippen LogP contribution in [0.2, 0.25) is 0 Å². The molecule has 110 valence electrons. The quantitative estimate of drug-likeness (QED) is 0.778. The Bertz CT molecular complexity index is 312. The summed E-state index contributed by atoms with van der Waals surface area (Å²) >= 11 is 0. The van der Waals surface area contributed by atoms with Crippen LogP contribution in [0.5, 0.6) is 0 Å². The first kappa shape index (κ1) is 15.8. The van der Waals surface area contributed by atoms with Gasteiger partial charge in [-0.2, -0.15) is 0 Å². The molecule has 2 amide bonds. The van der Waals surface area contributed by atoms with Gasteiger partial charge in [-0.25, -0.2) is 9.59 Å². The van der Waals surface area contributed by atoms with Gasteiger partial charge in [0.15, 0.2) is 0 Å². The number of carboxylic acids is 1. The fraction of sp³-hybridized carbons (Fsp3) is 0.857.